The van der Waals surface area contributed by atoms with Crippen molar-refractivity contribution in [3.8, 4) is 5.69 Å². The van der Waals surface area contributed by atoms with Gasteiger partial charge in [-0.1, -0.05) is 6.07 Å². The Kier molecular flexibility index (Phi) is 3.06. The Hall–Kier alpha value is -2.29. The standard InChI is InChI=1S/C10H9F3N4O2/c11-10(12,13)6-3-5(4-14)1-2-7(6)17-8(18)15-16-9(17)19/h1-3H,4,14H2,(H,15,18)(H,16,19). The molecule has 6 nitrogen and oxygen atoms in total. The molecule has 0 spiro atoms. The van der Waals surface area contributed by atoms with Crippen LogP contribution in [0.2, 0.25) is 0 Å². The average Bonchev–Trinajstić information content (AvgIpc) is 2.67. The van der Waals surface area contributed by atoms with Gasteiger partial charge in [0.25, 0.3) is 0 Å². The molecule has 0 radical (unpaired) electrons. The van der Waals surface area contributed by atoms with Crippen LogP contribution in [0.5, 0.6) is 0 Å². The number of hydrogen-bond acceptors (Lipinski definition) is 3. The normalized spacial score (nSPS) is 11.8. The van der Waals surface area contributed by atoms with E-state index in [1.165, 1.54) is 6.07 Å². The summed E-state index contributed by atoms with van der Waals surface area (Å²) in [5, 5.41) is 3.84. The second-order valence-electron chi connectivity index (χ2n) is 3.75. The van der Waals surface area contributed by atoms with Crippen LogP contribution in [0.15, 0.2) is 27.8 Å². The first kappa shape index (κ1) is 13.1. The summed E-state index contributed by atoms with van der Waals surface area (Å²) in [6.45, 7) is -0.0816. The number of aromatic amines is 2. The summed E-state index contributed by atoms with van der Waals surface area (Å²) in [4.78, 5) is 22.7. The molecule has 1 aromatic heterocycles. The molecule has 0 unspecified atom stereocenters. The fraction of sp³-hybridized carbons (Fsp3) is 0.200. The lowest BCUT2D eigenvalue weighted by Crippen LogP contribution is -2.27. The van der Waals surface area contributed by atoms with Gasteiger partial charge in [0.2, 0.25) is 0 Å². The van der Waals surface area contributed by atoms with Gasteiger partial charge in [0, 0.05) is 6.54 Å². The van der Waals surface area contributed by atoms with Gasteiger partial charge in [-0.25, -0.2) is 24.4 Å². The Bertz CT molecular complexity index is 683. The number of alkyl halides is 3. The molecule has 102 valence electrons. The molecule has 4 N–H and O–H groups in total. The molecule has 2 rings (SSSR count). The SMILES string of the molecule is NCc1ccc(-n2c(=O)[nH][nH]c2=O)c(C(F)(F)F)c1. The molecule has 9 heteroatoms. The van der Waals surface area contributed by atoms with Crippen molar-refractivity contribution >= 4 is 0 Å². The zero-order chi connectivity index (χ0) is 14.2. The molecule has 2 aromatic rings. The number of aromatic nitrogens is 3. The van der Waals surface area contributed by atoms with Crippen LogP contribution < -0.4 is 17.1 Å². The van der Waals surface area contributed by atoms with Crippen LogP contribution in [0.25, 0.3) is 5.69 Å². The Balaban J connectivity index is 2.78. The van der Waals surface area contributed by atoms with E-state index in [9.17, 15) is 22.8 Å². The zero-order valence-electron chi connectivity index (χ0n) is 9.41. The first-order valence-electron chi connectivity index (χ1n) is 5.15. The highest BCUT2D eigenvalue weighted by Crippen LogP contribution is 2.33. The minimum Gasteiger partial charge on any atom is -0.326 e. The number of benzene rings is 1. The lowest BCUT2D eigenvalue weighted by atomic mass is 10.1. The molecule has 0 aliphatic rings. The lowest BCUT2D eigenvalue weighted by Gasteiger charge is -2.13. The van der Waals surface area contributed by atoms with Gasteiger partial charge >= 0.3 is 17.6 Å². The fourth-order valence-corrected chi connectivity index (χ4v) is 1.66. The molecule has 0 amide bonds. The molecular weight excluding hydrogens is 265 g/mol. The molecule has 0 bridgehead atoms. The topological polar surface area (TPSA) is 96.7 Å². The minimum absolute atomic E-state index is 0.0816. The monoisotopic (exact) mass is 274 g/mol. The number of halogens is 3. The third kappa shape index (κ3) is 2.32. The van der Waals surface area contributed by atoms with Crippen molar-refractivity contribution in [2.24, 2.45) is 5.73 Å². The molecule has 19 heavy (non-hydrogen) atoms. The van der Waals surface area contributed by atoms with Crippen LogP contribution >= 0.6 is 0 Å². The highest BCUT2D eigenvalue weighted by atomic mass is 19.4. The molecule has 0 fully saturated rings. The maximum absolute atomic E-state index is 12.9. The third-order valence-corrected chi connectivity index (χ3v) is 2.53. The van der Waals surface area contributed by atoms with Gasteiger partial charge < -0.3 is 5.73 Å². The van der Waals surface area contributed by atoms with Crippen LogP contribution in [-0.2, 0) is 12.7 Å². The van der Waals surface area contributed by atoms with Gasteiger partial charge in [0.1, 0.15) is 0 Å². The zero-order valence-corrected chi connectivity index (χ0v) is 9.41. The van der Waals surface area contributed by atoms with E-state index in [1.54, 1.807) is 0 Å². The van der Waals surface area contributed by atoms with Crippen LogP contribution in [-0.4, -0.2) is 14.8 Å². The smallest absolute Gasteiger partial charge is 0.326 e. The first-order valence-corrected chi connectivity index (χ1v) is 5.15. The van der Waals surface area contributed by atoms with Crippen molar-refractivity contribution in [2.45, 2.75) is 12.7 Å². The van der Waals surface area contributed by atoms with E-state index >= 15 is 0 Å². The summed E-state index contributed by atoms with van der Waals surface area (Å²) in [6, 6.07) is 3.17. The van der Waals surface area contributed by atoms with Gasteiger partial charge in [-0.3, -0.25) is 0 Å². The molecule has 0 saturated carbocycles. The Morgan fingerprint density at radius 3 is 2.21 bits per heavy atom. The van der Waals surface area contributed by atoms with Gasteiger partial charge in [-0.2, -0.15) is 13.2 Å². The number of nitrogens with two attached hydrogens (primary N) is 1. The maximum atomic E-state index is 12.9. The number of nitrogens with zero attached hydrogens (tertiary/aromatic N) is 1. The summed E-state index contributed by atoms with van der Waals surface area (Å²) >= 11 is 0. The number of nitrogens with one attached hydrogen (secondary N) is 2. The quantitative estimate of drug-likeness (QED) is 0.736. The highest BCUT2D eigenvalue weighted by molar-refractivity contribution is 5.45. The molecule has 0 saturated heterocycles. The van der Waals surface area contributed by atoms with Crippen molar-refractivity contribution in [1.29, 1.82) is 0 Å². The molecule has 0 atom stereocenters. The Morgan fingerprint density at radius 2 is 1.74 bits per heavy atom. The van der Waals surface area contributed by atoms with Gasteiger partial charge in [-0.05, 0) is 17.7 Å². The van der Waals surface area contributed by atoms with Gasteiger partial charge in [-0.15, -0.1) is 0 Å². The number of H-pyrrole nitrogens is 2. The van der Waals surface area contributed by atoms with Gasteiger partial charge in [0.15, 0.2) is 0 Å². The van der Waals surface area contributed by atoms with Crippen molar-refractivity contribution in [3.05, 3.63) is 50.3 Å². The maximum Gasteiger partial charge on any atom is 0.418 e. The Labute approximate surface area is 103 Å². The Morgan fingerprint density at radius 1 is 1.16 bits per heavy atom. The second kappa shape index (κ2) is 4.43. The van der Waals surface area contributed by atoms with E-state index in [2.05, 4.69) is 0 Å². The molecule has 0 aliphatic carbocycles. The molecular formula is C10H9F3N4O2. The second-order valence-corrected chi connectivity index (χ2v) is 3.75. The van der Waals surface area contributed by atoms with Crippen LogP contribution in [0.4, 0.5) is 13.2 Å². The van der Waals surface area contributed by atoms with E-state index in [0.717, 1.165) is 12.1 Å². The van der Waals surface area contributed by atoms with E-state index in [4.69, 9.17) is 5.73 Å². The van der Waals surface area contributed by atoms with Crippen molar-refractivity contribution in [1.82, 2.24) is 14.8 Å². The molecule has 0 aliphatic heterocycles. The van der Waals surface area contributed by atoms with Crippen LogP contribution in [0.1, 0.15) is 11.1 Å². The first-order chi connectivity index (χ1) is 8.84. The lowest BCUT2D eigenvalue weighted by molar-refractivity contribution is -0.137. The van der Waals surface area contributed by atoms with Crippen molar-refractivity contribution in [2.75, 3.05) is 0 Å². The molecule has 1 heterocycles. The molecule has 1 aromatic carbocycles. The fourth-order valence-electron chi connectivity index (χ4n) is 1.66. The summed E-state index contributed by atoms with van der Waals surface area (Å²) < 4.78 is 39.2. The predicted octanol–water partition coefficient (Wildman–Crippen LogP) is 0.331. The summed E-state index contributed by atoms with van der Waals surface area (Å²) in [6.07, 6.45) is -4.70. The predicted molar refractivity (Wildman–Crippen MR) is 59.9 cm³/mol. The number of hydrogen-bond donors (Lipinski definition) is 3. The van der Waals surface area contributed by atoms with Crippen molar-refractivity contribution < 1.29 is 13.2 Å². The largest absolute Gasteiger partial charge is 0.418 e. The highest BCUT2D eigenvalue weighted by Gasteiger charge is 2.35. The van der Waals surface area contributed by atoms with Crippen LogP contribution in [0.3, 0.4) is 0 Å². The summed E-state index contributed by atoms with van der Waals surface area (Å²) in [7, 11) is 0. The van der Waals surface area contributed by atoms with Gasteiger partial charge in [0.05, 0.1) is 11.3 Å². The van der Waals surface area contributed by atoms with E-state index in [-0.39, 0.29) is 12.1 Å². The average molecular weight is 274 g/mol. The van der Waals surface area contributed by atoms with Crippen molar-refractivity contribution in [3.63, 3.8) is 0 Å². The third-order valence-electron chi connectivity index (χ3n) is 2.53. The number of rotatable bonds is 2. The van der Waals surface area contributed by atoms with E-state index in [0.29, 0.717) is 4.57 Å². The van der Waals surface area contributed by atoms with Crippen LogP contribution in [0, 0.1) is 0 Å². The van der Waals surface area contributed by atoms with E-state index in [1.807, 2.05) is 10.2 Å². The van der Waals surface area contributed by atoms with E-state index < -0.39 is 28.8 Å². The minimum atomic E-state index is -4.70. The summed E-state index contributed by atoms with van der Waals surface area (Å²) in [5.74, 6) is 0. The summed E-state index contributed by atoms with van der Waals surface area (Å²) in [5.41, 5.74) is 1.94.